The molecule has 2 aromatic rings. The summed E-state index contributed by atoms with van der Waals surface area (Å²) in [5.41, 5.74) is 0.209. The number of nitrogens with zero attached hydrogens (tertiary/aromatic N) is 2. The molecule has 0 spiro atoms. The van der Waals surface area contributed by atoms with Crippen molar-refractivity contribution in [2.45, 2.75) is 12.8 Å². The van der Waals surface area contributed by atoms with Gasteiger partial charge < -0.3 is 4.74 Å². The highest BCUT2D eigenvalue weighted by atomic mass is 16.6. The second-order valence-corrected chi connectivity index (χ2v) is 4.85. The largest absolute Gasteiger partial charge is 0.465 e. The zero-order valence-electron chi connectivity index (χ0n) is 12.7. The predicted octanol–water partition coefficient (Wildman–Crippen LogP) is 3.20. The molecule has 0 heterocycles. The lowest BCUT2D eigenvalue weighted by Crippen LogP contribution is -2.18. The van der Waals surface area contributed by atoms with Crippen molar-refractivity contribution in [2.75, 3.05) is 6.61 Å². The summed E-state index contributed by atoms with van der Waals surface area (Å²) in [6.45, 7) is 1.74. The highest BCUT2D eigenvalue weighted by Crippen LogP contribution is 2.33. The molecule has 8 nitrogen and oxygen atoms in total. The van der Waals surface area contributed by atoms with E-state index in [4.69, 9.17) is 4.74 Å². The summed E-state index contributed by atoms with van der Waals surface area (Å²) in [5.74, 6) is -1.69. The van der Waals surface area contributed by atoms with Gasteiger partial charge in [0.25, 0.3) is 11.4 Å². The number of hydrogen-bond donors (Lipinski definition) is 0. The number of non-ortho nitro benzene ring substituents is 1. The minimum atomic E-state index is -1.03. The summed E-state index contributed by atoms with van der Waals surface area (Å²) in [7, 11) is 0. The Morgan fingerprint density at radius 3 is 2.21 bits per heavy atom. The van der Waals surface area contributed by atoms with Crippen LogP contribution in [0, 0.1) is 20.2 Å². The van der Waals surface area contributed by atoms with Crippen molar-refractivity contribution in [1.29, 1.82) is 0 Å². The quantitative estimate of drug-likeness (QED) is 0.456. The van der Waals surface area contributed by atoms with Crippen LogP contribution >= 0.6 is 0 Å². The van der Waals surface area contributed by atoms with Crippen LogP contribution < -0.4 is 0 Å². The van der Waals surface area contributed by atoms with Crippen molar-refractivity contribution in [3.05, 3.63) is 79.9 Å². The molecular formula is C16H14N2O6. The first-order valence-electron chi connectivity index (χ1n) is 7.10. The molecule has 0 aliphatic rings. The Hall–Kier alpha value is -3.29. The van der Waals surface area contributed by atoms with Crippen molar-refractivity contribution < 1.29 is 19.4 Å². The maximum absolute atomic E-state index is 12.4. The second-order valence-electron chi connectivity index (χ2n) is 4.85. The Kier molecular flexibility index (Phi) is 5.20. The van der Waals surface area contributed by atoms with Gasteiger partial charge in [-0.25, -0.2) is 0 Å². The first-order chi connectivity index (χ1) is 11.5. The molecule has 0 radical (unpaired) electrons. The third kappa shape index (κ3) is 3.54. The summed E-state index contributed by atoms with van der Waals surface area (Å²) < 4.78 is 5.03. The fourth-order valence-electron chi connectivity index (χ4n) is 2.35. The van der Waals surface area contributed by atoms with Crippen LogP contribution in [0.1, 0.15) is 24.0 Å². The minimum Gasteiger partial charge on any atom is -0.465 e. The van der Waals surface area contributed by atoms with Gasteiger partial charge in [-0.2, -0.15) is 0 Å². The predicted molar refractivity (Wildman–Crippen MR) is 84.7 cm³/mol. The van der Waals surface area contributed by atoms with Gasteiger partial charge in [0.2, 0.25) is 0 Å². The van der Waals surface area contributed by atoms with Gasteiger partial charge in [-0.05, 0) is 12.5 Å². The third-order valence-electron chi connectivity index (χ3n) is 3.40. The Morgan fingerprint density at radius 1 is 1.04 bits per heavy atom. The smallest absolute Gasteiger partial charge is 0.318 e. The van der Waals surface area contributed by atoms with Gasteiger partial charge in [0, 0.05) is 23.8 Å². The second kappa shape index (κ2) is 7.32. The van der Waals surface area contributed by atoms with Crippen LogP contribution in [0.3, 0.4) is 0 Å². The zero-order valence-corrected chi connectivity index (χ0v) is 12.7. The normalized spacial score (nSPS) is 11.5. The molecule has 0 aliphatic heterocycles. The molecule has 2 aromatic carbocycles. The number of esters is 1. The molecule has 0 amide bonds. The van der Waals surface area contributed by atoms with E-state index < -0.39 is 21.7 Å². The van der Waals surface area contributed by atoms with Crippen LogP contribution in [-0.4, -0.2) is 22.4 Å². The highest BCUT2D eigenvalue weighted by molar-refractivity contribution is 5.83. The van der Waals surface area contributed by atoms with Gasteiger partial charge in [-0.15, -0.1) is 0 Å². The Balaban J connectivity index is 2.56. The molecule has 0 N–H and O–H groups in total. The Bertz CT molecular complexity index is 772. The lowest BCUT2D eigenvalue weighted by atomic mass is 9.90. The van der Waals surface area contributed by atoms with Crippen LogP contribution in [0.2, 0.25) is 0 Å². The first kappa shape index (κ1) is 17.1. The van der Waals surface area contributed by atoms with Gasteiger partial charge in [-0.3, -0.25) is 25.0 Å². The molecule has 1 unspecified atom stereocenters. The molecule has 0 fully saturated rings. The molecule has 24 heavy (non-hydrogen) atoms. The van der Waals surface area contributed by atoms with Gasteiger partial charge >= 0.3 is 5.97 Å². The van der Waals surface area contributed by atoms with E-state index in [9.17, 15) is 25.0 Å². The number of carbonyl (C=O) groups is 1. The molecule has 0 saturated heterocycles. The summed E-state index contributed by atoms with van der Waals surface area (Å²) in [5, 5.41) is 22.0. The van der Waals surface area contributed by atoms with Crippen molar-refractivity contribution >= 4 is 17.3 Å². The average molecular weight is 330 g/mol. The van der Waals surface area contributed by atoms with Gasteiger partial charge in [0.05, 0.1) is 16.5 Å². The lowest BCUT2D eigenvalue weighted by Gasteiger charge is -2.16. The molecule has 2 rings (SSSR count). The van der Waals surface area contributed by atoms with E-state index in [1.165, 1.54) is 42.5 Å². The minimum absolute atomic E-state index is 0.114. The molecule has 8 heteroatoms. The van der Waals surface area contributed by atoms with E-state index in [2.05, 4.69) is 0 Å². The van der Waals surface area contributed by atoms with Crippen molar-refractivity contribution in [3.8, 4) is 0 Å². The standard InChI is InChI=1S/C16H14N2O6/c1-2-24-16(19)15(11-7-9-12(10-8-11)17(20)21)13-5-3-4-6-14(13)18(22)23/h3-10,15H,2H2,1H3. The number of hydrogen-bond acceptors (Lipinski definition) is 6. The molecular weight excluding hydrogens is 316 g/mol. The van der Waals surface area contributed by atoms with Crippen LogP contribution in [0.4, 0.5) is 11.4 Å². The highest BCUT2D eigenvalue weighted by Gasteiger charge is 2.30. The zero-order chi connectivity index (χ0) is 17.7. The van der Waals surface area contributed by atoms with E-state index in [0.717, 1.165) is 0 Å². The summed E-state index contributed by atoms with van der Waals surface area (Å²) in [6.07, 6.45) is 0. The third-order valence-corrected chi connectivity index (χ3v) is 3.40. The number of nitro groups is 2. The monoisotopic (exact) mass is 330 g/mol. The maximum atomic E-state index is 12.4. The average Bonchev–Trinajstić information content (AvgIpc) is 2.56. The number of carbonyl (C=O) groups excluding carboxylic acids is 1. The van der Waals surface area contributed by atoms with Crippen molar-refractivity contribution in [2.24, 2.45) is 0 Å². The van der Waals surface area contributed by atoms with Crippen molar-refractivity contribution in [1.82, 2.24) is 0 Å². The van der Waals surface area contributed by atoms with Crippen LogP contribution in [-0.2, 0) is 9.53 Å². The van der Waals surface area contributed by atoms with Gasteiger partial charge in [0.1, 0.15) is 5.92 Å². The summed E-state index contributed by atoms with van der Waals surface area (Å²) in [6, 6.07) is 11.1. The SMILES string of the molecule is CCOC(=O)C(c1ccc([N+](=O)[O-])cc1)c1ccccc1[N+](=O)[O-]. The number of ether oxygens (including phenoxy) is 1. The number of rotatable bonds is 6. The number of benzene rings is 2. The van der Waals surface area contributed by atoms with E-state index in [1.807, 2.05) is 0 Å². The number of nitro benzene ring substituents is 2. The summed E-state index contributed by atoms with van der Waals surface area (Å²) in [4.78, 5) is 33.2. The molecule has 0 aromatic heterocycles. The molecule has 1 atom stereocenters. The summed E-state index contributed by atoms with van der Waals surface area (Å²) >= 11 is 0. The van der Waals surface area contributed by atoms with Gasteiger partial charge in [-0.1, -0.05) is 30.3 Å². The Labute approximate surface area is 137 Å². The van der Waals surface area contributed by atoms with E-state index >= 15 is 0 Å². The van der Waals surface area contributed by atoms with E-state index in [0.29, 0.717) is 5.56 Å². The molecule has 0 aliphatic carbocycles. The van der Waals surface area contributed by atoms with Gasteiger partial charge in [0.15, 0.2) is 0 Å². The molecule has 0 bridgehead atoms. The number of para-hydroxylation sites is 1. The molecule has 0 saturated carbocycles. The maximum Gasteiger partial charge on any atom is 0.318 e. The molecule has 124 valence electrons. The fraction of sp³-hybridized carbons (Fsp3) is 0.188. The van der Waals surface area contributed by atoms with Crippen LogP contribution in [0.15, 0.2) is 48.5 Å². The van der Waals surface area contributed by atoms with E-state index in [-0.39, 0.29) is 23.5 Å². The first-order valence-corrected chi connectivity index (χ1v) is 7.10. The fourth-order valence-corrected chi connectivity index (χ4v) is 2.35. The Morgan fingerprint density at radius 2 is 1.67 bits per heavy atom. The topological polar surface area (TPSA) is 113 Å². The van der Waals surface area contributed by atoms with Crippen LogP contribution in [0.25, 0.3) is 0 Å². The van der Waals surface area contributed by atoms with E-state index in [1.54, 1.807) is 13.0 Å². The van der Waals surface area contributed by atoms with Crippen molar-refractivity contribution in [3.63, 3.8) is 0 Å². The van der Waals surface area contributed by atoms with Crippen LogP contribution in [0.5, 0.6) is 0 Å². The lowest BCUT2D eigenvalue weighted by molar-refractivity contribution is -0.385.